The number of rotatable bonds is 1. The molecule has 1 N–H and O–H groups in total. The zero-order valence-electron chi connectivity index (χ0n) is 14.7. The Labute approximate surface area is 162 Å². The minimum atomic E-state index is -0.290. The molecule has 0 atom stereocenters. The molecular formula is C22H14FN3OS. The lowest BCUT2D eigenvalue weighted by atomic mass is 10.0. The fourth-order valence-electron chi connectivity index (χ4n) is 4.14. The summed E-state index contributed by atoms with van der Waals surface area (Å²) in [5, 5.41) is 3.74. The molecule has 0 amide bonds. The van der Waals surface area contributed by atoms with E-state index in [1.165, 1.54) is 34.4 Å². The highest BCUT2D eigenvalue weighted by Crippen LogP contribution is 2.36. The molecule has 0 saturated heterocycles. The molecule has 0 aliphatic carbocycles. The van der Waals surface area contributed by atoms with Crippen LogP contribution in [0.1, 0.15) is 5.56 Å². The van der Waals surface area contributed by atoms with Crippen molar-refractivity contribution in [1.82, 2.24) is 14.5 Å². The number of para-hydroxylation sites is 1. The molecule has 1 aliphatic rings. The molecule has 0 saturated carbocycles. The third kappa shape index (κ3) is 2.09. The van der Waals surface area contributed by atoms with E-state index in [1.807, 2.05) is 23.6 Å². The van der Waals surface area contributed by atoms with Crippen LogP contribution >= 0.6 is 11.3 Å². The molecule has 136 valence electrons. The van der Waals surface area contributed by atoms with Gasteiger partial charge >= 0.3 is 0 Å². The predicted octanol–water partition coefficient (Wildman–Crippen LogP) is 4.97. The Hall–Kier alpha value is -3.25. The number of aromatic nitrogens is 3. The maximum atomic E-state index is 13.4. The molecule has 28 heavy (non-hydrogen) atoms. The van der Waals surface area contributed by atoms with Crippen LogP contribution in [0, 0.1) is 5.82 Å². The summed E-state index contributed by atoms with van der Waals surface area (Å²) in [6, 6.07) is 14.4. The highest BCUT2D eigenvalue weighted by atomic mass is 32.1. The fraction of sp³-hybridized carbons (Fsp3) is 0.0909. The number of aromatic amines is 1. The van der Waals surface area contributed by atoms with Crippen LogP contribution in [0.15, 0.2) is 58.7 Å². The number of H-pyrrole nitrogens is 1. The van der Waals surface area contributed by atoms with Crippen LogP contribution in [-0.2, 0) is 13.0 Å². The average molecular weight is 387 g/mol. The van der Waals surface area contributed by atoms with E-state index in [9.17, 15) is 9.18 Å². The largest absolute Gasteiger partial charge is 0.352 e. The van der Waals surface area contributed by atoms with Crippen LogP contribution in [0.2, 0.25) is 0 Å². The zero-order valence-corrected chi connectivity index (χ0v) is 15.5. The smallest absolute Gasteiger partial charge is 0.263 e. The van der Waals surface area contributed by atoms with Crippen molar-refractivity contribution >= 4 is 32.5 Å². The van der Waals surface area contributed by atoms with E-state index in [-0.39, 0.29) is 11.4 Å². The Morgan fingerprint density at radius 2 is 1.93 bits per heavy atom. The van der Waals surface area contributed by atoms with Gasteiger partial charge in [-0.1, -0.05) is 30.3 Å². The van der Waals surface area contributed by atoms with Gasteiger partial charge in [0, 0.05) is 28.4 Å². The minimum Gasteiger partial charge on any atom is -0.352 e. The number of hydrogen-bond acceptors (Lipinski definition) is 3. The summed E-state index contributed by atoms with van der Waals surface area (Å²) >= 11 is 1.45. The number of aryl methyl sites for hydroxylation is 1. The number of hydrogen-bond donors (Lipinski definition) is 1. The normalized spacial score (nSPS) is 13.0. The topological polar surface area (TPSA) is 50.7 Å². The maximum Gasteiger partial charge on any atom is 0.263 e. The minimum absolute atomic E-state index is 0.0371. The molecule has 0 fully saturated rings. The highest BCUT2D eigenvalue weighted by Gasteiger charge is 2.25. The van der Waals surface area contributed by atoms with E-state index in [1.54, 1.807) is 16.7 Å². The van der Waals surface area contributed by atoms with E-state index in [2.05, 4.69) is 11.1 Å². The fourth-order valence-corrected chi connectivity index (χ4v) is 5.08. The lowest BCUT2D eigenvalue weighted by molar-refractivity contribution is 0.628. The van der Waals surface area contributed by atoms with Gasteiger partial charge in [0.05, 0.1) is 11.1 Å². The number of halogens is 1. The molecule has 0 radical (unpaired) electrons. The summed E-state index contributed by atoms with van der Waals surface area (Å²) in [5.41, 5.74) is 4.82. The Kier molecular flexibility index (Phi) is 3.17. The third-order valence-electron chi connectivity index (χ3n) is 5.47. The first kappa shape index (κ1) is 15.8. The molecule has 3 aromatic heterocycles. The van der Waals surface area contributed by atoms with Crippen molar-refractivity contribution in [3.05, 3.63) is 75.6 Å². The number of nitrogens with zero attached hydrogens (tertiary/aromatic N) is 2. The molecule has 2 aromatic carbocycles. The van der Waals surface area contributed by atoms with E-state index in [0.717, 1.165) is 28.8 Å². The van der Waals surface area contributed by atoms with Gasteiger partial charge in [0.15, 0.2) is 5.82 Å². The van der Waals surface area contributed by atoms with E-state index >= 15 is 0 Å². The molecule has 0 bridgehead atoms. The van der Waals surface area contributed by atoms with Crippen molar-refractivity contribution in [1.29, 1.82) is 0 Å². The van der Waals surface area contributed by atoms with Gasteiger partial charge in [-0.05, 0) is 35.7 Å². The molecule has 4 heterocycles. The standard InChI is InChI=1S/C22H14FN3OS/c23-13-7-5-12(6-8-13)16-11-28-21-18(16)22(27)26-10-9-15-14-3-1-2-4-17(14)24-19(15)20(26)25-21/h1-8,11,24H,9-10H2. The van der Waals surface area contributed by atoms with Gasteiger partial charge in [-0.15, -0.1) is 11.3 Å². The van der Waals surface area contributed by atoms with E-state index < -0.39 is 0 Å². The van der Waals surface area contributed by atoms with Crippen molar-refractivity contribution < 1.29 is 4.39 Å². The highest BCUT2D eigenvalue weighted by molar-refractivity contribution is 7.17. The van der Waals surface area contributed by atoms with Crippen LogP contribution in [0.25, 0.3) is 43.8 Å². The van der Waals surface area contributed by atoms with Crippen molar-refractivity contribution in [2.75, 3.05) is 0 Å². The van der Waals surface area contributed by atoms with Gasteiger partial charge in [-0.2, -0.15) is 0 Å². The second-order valence-corrected chi connectivity index (χ2v) is 7.86. The Balaban J connectivity index is 1.63. The van der Waals surface area contributed by atoms with Gasteiger partial charge in [-0.3, -0.25) is 9.36 Å². The molecule has 6 heteroatoms. The zero-order chi connectivity index (χ0) is 18.8. The van der Waals surface area contributed by atoms with Crippen LogP contribution in [-0.4, -0.2) is 14.5 Å². The molecule has 1 aliphatic heterocycles. The third-order valence-corrected chi connectivity index (χ3v) is 6.34. The molecule has 6 rings (SSSR count). The lowest BCUT2D eigenvalue weighted by Gasteiger charge is -2.18. The van der Waals surface area contributed by atoms with Gasteiger partial charge in [0.1, 0.15) is 10.6 Å². The summed E-state index contributed by atoms with van der Waals surface area (Å²) < 4.78 is 15.1. The molecule has 4 nitrogen and oxygen atoms in total. The SMILES string of the molecule is O=c1c2c(-c3ccc(F)cc3)csc2nc2n1CCc1c-2[nH]c2ccccc12. The monoisotopic (exact) mass is 387 g/mol. The maximum absolute atomic E-state index is 13.4. The summed E-state index contributed by atoms with van der Waals surface area (Å²) in [6.45, 7) is 0.602. The summed E-state index contributed by atoms with van der Waals surface area (Å²) in [4.78, 5) is 22.4. The second-order valence-electron chi connectivity index (χ2n) is 7.00. The van der Waals surface area contributed by atoms with Gasteiger partial charge < -0.3 is 4.98 Å². The molecule has 0 unspecified atom stereocenters. The van der Waals surface area contributed by atoms with Crippen LogP contribution in [0.4, 0.5) is 4.39 Å². The molecule has 0 spiro atoms. The quantitative estimate of drug-likeness (QED) is 0.442. The van der Waals surface area contributed by atoms with Gasteiger partial charge in [0.25, 0.3) is 5.56 Å². The van der Waals surface area contributed by atoms with E-state index in [0.29, 0.717) is 22.6 Å². The number of benzene rings is 2. The van der Waals surface area contributed by atoms with E-state index in [4.69, 9.17) is 4.98 Å². The van der Waals surface area contributed by atoms with Crippen molar-refractivity contribution in [2.45, 2.75) is 13.0 Å². The molecule has 5 aromatic rings. The van der Waals surface area contributed by atoms with Gasteiger partial charge in [-0.25, -0.2) is 9.37 Å². The first-order chi connectivity index (χ1) is 13.7. The number of thiophene rings is 1. The van der Waals surface area contributed by atoms with Crippen LogP contribution in [0.3, 0.4) is 0 Å². The number of nitrogens with one attached hydrogen (secondary N) is 1. The van der Waals surface area contributed by atoms with Gasteiger partial charge in [0.2, 0.25) is 0 Å². The van der Waals surface area contributed by atoms with Crippen LogP contribution < -0.4 is 5.56 Å². The van der Waals surface area contributed by atoms with Crippen molar-refractivity contribution in [2.24, 2.45) is 0 Å². The lowest BCUT2D eigenvalue weighted by Crippen LogP contribution is -2.27. The van der Waals surface area contributed by atoms with Crippen molar-refractivity contribution in [3.63, 3.8) is 0 Å². The Morgan fingerprint density at radius 3 is 2.79 bits per heavy atom. The van der Waals surface area contributed by atoms with Crippen molar-refractivity contribution in [3.8, 4) is 22.6 Å². The number of fused-ring (bicyclic) bond motifs is 6. The summed E-state index contributed by atoms with van der Waals surface area (Å²) in [5.74, 6) is 0.407. The predicted molar refractivity (Wildman–Crippen MR) is 110 cm³/mol. The average Bonchev–Trinajstić information content (AvgIpc) is 3.31. The second kappa shape index (κ2) is 5.62. The summed E-state index contributed by atoms with van der Waals surface area (Å²) in [7, 11) is 0. The summed E-state index contributed by atoms with van der Waals surface area (Å²) in [6.07, 6.45) is 0.787. The Morgan fingerprint density at radius 1 is 1.11 bits per heavy atom. The van der Waals surface area contributed by atoms with Crippen LogP contribution in [0.5, 0.6) is 0 Å². The first-order valence-corrected chi connectivity index (χ1v) is 9.96. The first-order valence-electron chi connectivity index (χ1n) is 9.08. The molecular weight excluding hydrogens is 373 g/mol. The Bertz CT molecular complexity index is 1440.